The lowest BCUT2D eigenvalue weighted by atomic mass is 10.2. The van der Waals surface area contributed by atoms with Crippen LogP contribution in [0.15, 0.2) is 0 Å². The van der Waals surface area contributed by atoms with Gasteiger partial charge in [0.1, 0.15) is 11.1 Å². The molecule has 0 aromatic carbocycles. The Morgan fingerprint density at radius 1 is 1.47 bits per heavy atom. The van der Waals surface area contributed by atoms with Crippen molar-refractivity contribution in [2.45, 2.75) is 20.8 Å². The molecule has 0 spiro atoms. The van der Waals surface area contributed by atoms with Crippen LogP contribution in [0.2, 0.25) is 0 Å². The van der Waals surface area contributed by atoms with E-state index >= 15 is 0 Å². The van der Waals surface area contributed by atoms with Gasteiger partial charge in [0.15, 0.2) is 0 Å². The lowest BCUT2D eigenvalue weighted by Gasteiger charge is -2.02. The molecule has 0 aliphatic rings. The fraction of sp³-hybridized carbons (Fsp3) is 0.444. The lowest BCUT2D eigenvalue weighted by molar-refractivity contribution is 0.602. The van der Waals surface area contributed by atoms with Crippen molar-refractivity contribution in [3.8, 4) is 6.07 Å². The molecule has 0 amide bonds. The molecular formula is C9H12N2O2S2. The second kappa shape index (κ2) is 4.21. The molecule has 0 radical (unpaired) electrons. The number of thiophene rings is 1. The molecule has 82 valence electrons. The van der Waals surface area contributed by atoms with E-state index in [2.05, 4.69) is 4.72 Å². The molecule has 0 fully saturated rings. The number of hydrogen-bond donors (Lipinski definition) is 1. The summed E-state index contributed by atoms with van der Waals surface area (Å²) in [6.07, 6.45) is 0. The van der Waals surface area contributed by atoms with E-state index in [0.29, 0.717) is 10.6 Å². The summed E-state index contributed by atoms with van der Waals surface area (Å²) in [6.45, 7) is 5.24. The van der Waals surface area contributed by atoms with Gasteiger partial charge in [-0.05, 0) is 26.3 Å². The maximum absolute atomic E-state index is 11.3. The zero-order valence-corrected chi connectivity index (χ0v) is 10.4. The number of rotatable bonds is 3. The maximum atomic E-state index is 11.3. The fourth-order valence-electron chi connectivity index (χ4n) is 1.05. The van der Waals surface area contributed by atoms with Gasteiger partial charge in [-0.25, -0.2) is 8.42 Å². The summed E-state index contributed by atoms with van der Waals surface area (Å²) in [5, 5.41) is 9.33. The predicted octanol–water partition coefficient (Wildman–Crippen LogP) is 2.00. The number of nitriles is 1. The first-order valence-electron chi connectivity index (χ1n) is 4.42. The van der Waals surface area contributed by atoms with Crippen LogP contribution in [0.4, 0.5) is 5.00 Å². The predicted molar refractivity (Wildman–Crippen MR) is 61.6 cm³/mol. The van der Waals surface area contributed by atoms with Gasteiger partial charge in [-0.1, -0.05) is 0 Å². The molecule has 0 unspecified atom stereocenters. The largest absolute Gasteiger partial charge is 0.273 e. The van der Waals surface area contributed by atoms with Crippen LogP contribution in [0.25, 0.3) is 0 Å². The third-order valence-electron chi connectivity index (χ3n) is 2.13. The van der Waals surface area contributed by atoms with Gasteiger partial charge in [-0.2, -0.15) is 5.26 Å². The van der Waals surface area contributed by atoms with Crippen LogP contribution in [-0.2, 0) is 10.0 Å². The van der Waals surface area contributed by atoms with E-state index in [1.165, 1.54) is 11.3 Å². The van der Waals surface area contributed by atoms with Crippen LogP contribution in [0.3, 0.4) is 0 Å². The van der Waals surface area contributed by atoms with Crippen LogP contribution >= 0.6 is 11.3 Å². The molecule has 0 aliphatic carbocycles. The zero-order chi connectivity index (χ0) is 11.6. The fourth-order valence-corrected chi connectivity index (χ4v) is 2.99. The third-order valence-corrected chi connectivity index (χ3v) is 4.65. The minimum absolute atomic E-state index is 0.00780. The van der Waals surface area contributed by atoms with Crippen molar-refractivity contribution in [1.82, 2.24) is 0 Å². The average molecular weight is 244 g/mol. The van der Waals surface area contributed by atoms with Crippen LogP contribution in [0, 0.1) is 25.2 Å². The van der Waals surface area contributed by atoms with E-state index < -0.39 is 10.0 Å². The molecule has 0 aliphatic heterocycles. The number of nitrogens with zero attached hydrogens (tertiary/aromatic N) is 1. The van der Waals surface area contributed by atoms with Crippen molar-refractivity contribution in [2.75, 3.05) is 10.5 Å². The molecule has 1 aromatic heterocycles. The molecule has 15 heavy (non-hydrogen) atoms. The Morgan fingerprint density at radius 2 is 2.07 bits per heavy atom. The topological polar surface area (TPSA) is 70.0 Å². The normalized spacial score (nSPS) is 11.1. The van der Waals surface area contributed by atoms with E-state index in [1.54, 1.807) is 6.92 Å². The van der Waals surface area contributed by atoms with E-state index in [0.717, 1.165) is 10.4 Å². The quantitative estimate of drug-likeness (QED) is 0.884. The molecule has 1 N–H and O–H groups in total. The number of hydrogen-bond acceptors (Lipinski definition) is 4. The van der Waals surface area contributed by atoms with E-state index in [4.69, 9.17) is 5.26 Å². The average Bonchev–Trinajstić information content (AvgIpc) is 2.42. The van der Waals surface area contributed by atoms with Gasteiger partial charge in [0.05, 0.1) is 11.3 Å². The van der Waals surface area contributed by atoms with Crippen molar-refractivity contribution in [3.05, 3.63) is 16.0 Å². The highest BCUT2D eigenvalue weighted by molar-refractivity contribution is 7.92. The zero-order valence-electron chi connectivity index (χ0n) is 8.79. The highest BCUT2D eigenvalue weighted by Crippen LogP contribution is 2.32. The molecule has 1 aromatic rings. The van der Waals surface area contributed by atoms with Crippen LogP contribution < -0.4 is 4.72 Å². The van der Waals surface area contributed by atoms with Gasteiger partial charge >= 0.3 is 0 Å². The van der Waals surface area contributed by atoms with Crippen molar-refractivity contribution in [3.63, 3.8) is 0 Å². The van der Waals surface area contributed by atoms with Gasteiger partial charge in [-0.15, -0.1) is 11.3 Å². The first-order chi connectivity index (χ1) is 6.91. The monoisotopic (exact) mass is 244 g/mol. The minimum Gasteiger partial charge on any atom is -0.273 e. The Morgan fingerprint density at radius 3 is 2.53 bits per heavy atom. The van der Waals surface area contributed by atoms with Crippen molar-refractivity contribution in [1.29, 1.82) is 5.26 Å². The molecule has 0 atom stereocenters. The summed E-state index contributed by atoms with van der Waals surface area (Å²) < 4.78 is 25.1. The molecule has 1 heterocycles. The molecule has 0 saturated carbocycles. The van der Waals surface area contributed by atoms with E-state index in [1.807, 2.05) is 19.9 Å². The van der Waals surface area contributed by atoms with Gasteiger partial charge in [-0.3, -0.25) is 4.72 Å². The maximum Gasteiger partial charge on any atom is 0.233 e. The van der Waals surface area contributed by atoms with Gasteiger partial charge < -0.3 is 0 Å². The van der Waals surface area contributed by atoms with Crippen LogP contribution in [0.1, 0.15) is 22.9 Å². The Bertz CT molecular complexity index is 509. The second-order valence-electron chi connectivity index (χ2n) is 3.10. The van der Waals surface area contributed by atoms with E-state index in [9.17, 15) is 8.42 Å². The molecular weight excluding hydrogens is 232 g/mol. The Balaban J connectivity index is 3.18. The summed E-state index contributed by atoms with van der Waals surface area (Å²) in [7, 11) is -3.30. The third kappa shape index (κ3) is 2.49. The number of anilines is 1. The smallest absolute Gasteiger partial charge is 0.233 e. The lowest BCUT2D eigenvalue weighted by Crippen LogP contribution is -2.14. The molecule has 1 rings (SSSR count). The SMILES string of the molecule is CCS(=O)(=O)Nc1sc(C)c(C)c1C#N. The van der Waals surface area contributed by atoms with Crippen molar-refractivity contribution >= 4 is 26.4 Å². The Hall–Kier alpha value is -1.06. The first kappa shape index (κ1) is 12.0. The molecule has 6 heteroatoms. The number of aryl methyl sites for hydroxylation is 1. The van der Waals surface area contributed by atoms with Crippen LogP contribution in [0.5, 0.6) is 0 Å². The van der Waals surface area contributed by atoms with Gasteiger partial charge in [0.25, 0.3) is 0 Å². The first-order valence-corrected chi connectivity index (χ1v) is 6.88. The highest BCUT2D eigenvalue weighted by Gasteiger charge is 2.16. The molecule has 0 saturated heterocycles. The number of sulfonamides is 1. The van der Waals surface area contributed by atoms with Crippen molar-refractivity contribution in [2.24, 2.45) is 0 Å². The Labute approximate surface area is 93.6 Å². The number of nitrogens with one attached hydrogen (secondary N) is 1. The van der Waals surface area contributed by atoms with Crippen molar-refractivity contribution < 1.29 is 8.42 Å². The molecule has 0 bridgehead atoms. The van der Waals surface area contributed by atoms with Gasteiger partial charge in [0, 0.05) is 4.88 Å². The van der Waals surface area contributed by atoms with E-state index in [-0.39, 0.29) is 5.75 Å². The summed E-state index contributed by atoms with van der Waals surface area (Å²) in [4.78, 5) is 0.959. The minimum atomic E-state index is -3.30. The standard InChI is InChI=1S/C9H12N2O2S2/c1-4-15(12,13)11-9-8(5-10)6(2)7(3)14-9/h11H,4H2,1-3H3. The summed E-state index contributed by atoms with van der Waals surface area (Å²) in [5.74, 6) is 0.00780. The second-order valence-corrected chi connectivity index (χ2v) is 6.34. The summed E-state index contributed by atoms with van der Waals surface area (Å²) in [5.41, 5.74) is 1.27. The summed E-state index contributed by atoms with van der Waals surface area (Å²) in [6, 6.07) is 2.01. The Kier molecular flexibility index (Phi) is 3.37. The summed E-state index contributed by atoms with van der Waals surface area (Å²) >= 11 is 1.30. The molecule has 4 nitrogen and oxygen atoms in total. The van der Waals surface area contributed by atoms with Crippen LogP contribution in [-0.4, -0.2) is 14.2 Å². The van der Waals surface area contributed by atoms with Gasteiger partial charge in [0.2, 0.25) is 10.0 Å². The highest BCUT2D eigenvalue weighted by atomic mass is 32.2.